The van der Waals surface area contributed by atoms with Crippen molar-refractivity contribution in [1.82, 2.24) is 15.5 Å². The van der Waals surface area contributed by atoms with Crippen molar-refractivity contribution in [3.63, 3.8) is 0 Å². The van der Waals surface area contributed by atoms with E-state index in [4.69, 9.17) is 0 Å². The average Bonchev–Trinajstić information content (AvgIpc) is 2.44. The Balaban J connectivity index is 2.71. The number of hydrogen-bond donors (Lipinski definition) is 3. The largest absolute Gasteiger partial charge is 0.479 e. The third kappa shape index (κ3) is 4.79. The predicted octanol–water partition coefficient (Wildman–Crippen LogP) is 0.588. The molecule has 0 aliphatic rings. The van der Waals surface area contributed by atoms with Gasteiger partial charge in [0.05, 0.1) is 0 Å². The highest BCUT2D eigenvalue weighted by Crippen LogP contribution is 2.12. The van der Waals surface area contributed by atoms with Gasteiger partial charge in [-0.15, -0.1) is 0 Å². The highest BCUT2D eigenvalue weighted by molar-refractivity contribution is 5.88. The number of carboxylic acid groups (broad SMARTS) is 1. The van der Waals surface area contributed by atoms with Crippen LogP contribution in [0.2, 0.25) is 0 Å². The average molecular weight is 293 g/mol. The van der Waals surface area contributed by atoms with Gasteiger partial charge in [-0.05, 0) is 12.5 Å². The first-order chi connectivity index (χ1) is 9.82. The van der Waals surface area contributed by atoms with Gasteiger partial charge in [0.2, 0.25) is 5.91 Å². The van der Waals surface area contributed by atoms with Gasteiger partial charge in [-0.3, -0.25) is 4.79 Å². The van der Waals surface area contributed by atoms with Crippen molar-refractivity contribution in [3.8, 4) is 0 Å². The molecule has 3 N–H and O–H groups in total. The lowest BCUT2D eigenvalue weighted by Crippen LogP contribution is -2.49. The quantitative estimate of drug-likeness (QED) is 0.740. The normalized spacial score (nSPS) is 12.9. The summed E-state index contributed by atoms with van der Waals surface area (Å²) in [7, 11) is 3.14. The lowest BCUT2D eigenvalue weighted by molar-refractivity contribution is -0.139. The molecule has 0 heterocycles. The van der Waals surface area contributed by atoms with Crippen LogP contribution in [-0.2, 0) is 9.59 Å². The number of aliphatic carboxylic acids is 1. The number of carbonyl (C=O) groups is 3. The third-order valence-corrected chi connectivity index (χ3v) is 2.81. The van der Waals surface area contributed by atoms with E-state index in [-0.39, 0.29) is 5.91 Å². The van der Waals surface area contributed by atoms with Gasteiger partial charge in [-0.2, -0.15) is 0 Å². The van der Waals surface area contributed by atoms with Gasteiger partial charge in [0.1, 0.15) is 6.04 Å². The van der Waals surface area contributed by atoms with Gasteiger partial charge < -0.3 is 20.6 Å². The molecule has 7 heteroatoms. The van der Waals surface area contributed by atoms with Gasteiger partial charge in [0, 0.05) is 14.1 Å². The van der Waals surface area contributed by atoms with E-state index in [1.807, 2.05) is 0 Å². The van der Waals surface area contributed by atoms with Crippen LogP contribution in [0.5, 0.6) is 0 Å². The van der Waals surface area contributed by atoms with Crippen LogP contribution in [0.4, 0.5) is 4.79 Å². The summed E-state index contributed by atoms with van der Waals surface area (Å²) in [5.74, 6) is -1.46. The number of likely N-dealkylation sites (N-methyl/N-ethyl adjacent to an activating group) is 1. The van der Waals surface area contributed by atoms with Gasteiger partial charge in [-0.25, -0.2) is 9.59 Å². The molecule has 3 amide bonds. The maximum absolute atomic E-state index is 11.8. The summed E-state index contributed by atoms with van der Waals surface area (Å²) in [5.41, 5.74) is 0.451. The fourth-order valence-corrected chi connectivity index (χ4v) is 1.75. The van der Waals surface area contributed by atoms with Gasteiger partial charge in [0.25, 0.3) is 0 Å². The molecule has 0 aliphatic carbocycles. The van der Waals surface area contributed by atoms with Crippen LogP contribution in [0, 0.1) is 0 Å². The minimum absolute atomic E-state index is 0.281. The van der Waals surface area contributed by atoms with Crippen LogP contribution < -0.4 is 10.6 Å². The Bertz CT molecular complexity index is 516. The molecule has 21 heavy (non-hydrogen) atoms. The van der Waals surface area contributed by atoms with Crippen molar-refractivity contribution >= 4 is 17.9 Å². The number of carbonyl (C=O) groups excluding carboxylic acids is 2. The zero-order chi connectivity index (χ0) is 16.0. The number of amides is 3. The highest BCUT2D eigenvalue weighted by Gasteiger charge is 2.24. The van der Waals surface area contributed by atoms with E-state index in [1.54, 1.807) is 44.4 Å². The first kappa shape index (κ1) is 16.5. The van der Waals surface area contributed by atoms with Crippen LogP contribution in [0.3, 0.4) is 0 Å². The Morgan fingerprint density at radius 3 is 2.14 bits per heavy atom. The number of hydrogen-bond acceptors (Lipinski definition) is 3. The topological polar surface area (TPSA) is 98.7 Å². The second kappa shape index (κ2) is 7.28. The minimum atomic E-state index is -1.18. The fourth-order valence-electron chi connectivity index (χ4n) is 1.75. The predicted molar refractivity (Wildman–Crippen MR) is 76.6 cm³/mol. The summed E-state index contributed by atoms with van der Waals surface area (Å²) in [4.78, 5) is 36.0. The van der Waals surface area contributed by atoms with Crippen LogP contribution in [0.15, 0.2) is 30.3 Å². The molecule has 1 rings (SSSR count). The number of rotatable bonds is 5. The van der Waals surface area contributed by atoms with Gasteiger partial charge >= 0.3 is 12.0 Å². The first-order valence-electron chi connectivity index (χ1n) is 6.39. The number of nitrogens with zero attached hydrogens (tertiary/aromatic N) is 1. The molecule has 0 spiro atoms. The minimum Gasteiger partial charge on any atom is -0.479 e. The van der Waals surface area contributed by atoms with Crippen molar-refractivity contribution in [2.45, 2.75) is 19.0 Å². The summed E-state index contributed by atoms with van der Waals surface area (Å²) in [6.45, 7) is 1.53. The van der Waals surface area contributed by atoms with E-state index in [2.05, 4.69) is 10.6 Å². The Morgan fingerprint density at radius 2 is 1.67 bits per heavy atom. The molecule has 0 aliphatic heterocycles. The Morgan fingerprint density at radius 1 is 1.10 bits per heavy atom. The van der Waals surface area contributed by atoms with Crippen molar-refractivity contribution in [1.29, 1.82) is 0 Å². The van der Waals surface area contributed by atoms with Gasteiger partial charge in [-0.1, -0.05) is 30.3 Å². The number of nitrogens with one attached hydrogen (secondary N) is 2. The molecule has 0 saturated heterocycles. The monoisotopic (exact) mass is 293 g/mol. The summed E-state index contributed by atoms with van der Waals surface area (Å²) in [6, 6.07) is 5.69. The molecule has 2 atom stereocenters. The smallest absolute Gasteiger partial charge is 0.330 e. The van der Waals surface area contributed by atoms with Crippen molar-refractivity contribution in [3.05, 3.63) is 35.9 Å². The first-order valence-corrected chi connectivity index (χ1v) is 6.39. The van der Waals surface area contributed by atoms with Crippen LogP contribution in [-0.4, -0.2) is 48.1 Å². The fraction of sp³-hybridized carbons (Fsp3) is 0.357. The van der Waals surface area contributed by atoms with E-state index in [1.165, 1.54) is 11.8 Å². The van der Waals surface area contributed by atoms with E-state index >= 15 is 0 Å². The molecular weight excluding hydrogens is 274 g/mol. The highest BCUT2D eigenvalue weighted by atomic mass is 16.4. The summed E-state index contributed by atoms with van der Waals surface area (Å²) in [5, 5.41) is 13.9. The maximum Gasteiger partial charge on any atom is 0.330 e. The van der Waals surface area contributed by atoms with Crippen molar-refractivity contribution in [2.24, 2.45) is 0 Å². The molecule has 0 bridgehead atoms. The Labute approximate surface area is 122 Å². The second-order valence-electron chi connectivity index (χ2n) is 4.75. The van der Waals surface area contributed by atoms with Crippen molar-refractivity contribution < 1.29 is 19.5 Å². The summed E-state index contributed by atoms with van der Waals surface area (Å²) >= 11 is 0. The molecule has 1 aromatic carbocycles. The molecule has 0 radical (unpaired) electrons. The maximum atomic E-state index is 11.8. The lowest BCUT2D eigenvalue weighted by Gasteiger charge is -2.20. The Kier molecular flexibility index (Phi) is 5.71. The van der Waals surface area contributed by atoms with E-state index in [0.29, 0.717) is 5.56 Å². The molecule has 114 valence electrons. The molecule has 0 saturated carbocycles. The zero-order valence-corrected chi connectivity index (χ0v) is 12.2. The summed E-state index contributed by atoms with van der Waals surface area (Å²) < 4.78 is 0. The van der Waals surface area contributed by atoms with Crippen LogP contribution in [0.25, 0.3) is 0 Å². The molecule has 0 aromatic heterocycles. The molecule has 1 aromatic rings. The standard InChI is InChI=1S/C14H19N3O4/c1-9(12(18)17(2)3)15-14(21)16-11(13(19)20)10-7-5-4-6-8-10/h4-9,11H,1-3H3,(H,19,20)(H2,15,16,21)/t9?,11-/m0/s1. The number of benzene rings is 1. The van der Waals surface area contributed by atoms with Crippen LogP contribution in [0.1, 0.15) is 18.5 Å². The molecule has 0 fully saturated rings. The zero-order valence-electron chi connectivity index (χ0n) is 12.2. The second-order valence-corrected chi connectivity index (χ2v) is 4.75. The van der Waals surface area contributed by atoms with Crippen molar-refractivity contribution in [2.75, 3.05) is 14.1 Å². The third-order valence-electron chi connectivity index (χ3n) is 2.81. The van der Waals surface area contributed by atoms with E-state index in [9.17, 15) is 19.5 Å². The lowest BCUT2D eigenvalue weighted by atomic mass is 10.1. The number of carboxylic acids is 1. The SMILES string of the molecule is CC(NC(=O)N[C@H](C(=O)O)c1ccccc1)C(=O)N(C)C. The van der Waals surface area contributed by atoms with Crippen LogP contribution >= 0.6 is 0 Å². The van der Waals surface area contributed by atoms with E-state index < -0.39 is 24.1 Å². The van der Waals surface area contributed by atoms with E-state index in [0.717, 1.165) is 0 Å². The summed E-state index contributed by atoms with van der Waals surface area (Å²) in [6.07, 6.45) is 0. The molecule has 1 unspecified atom stereocenters. The van der Waals surface area contributed by atoms with Gasteiger partial charge in [0.15, 0.2) is 6.04 Å². The molecule has 7 nitrogen and oxygen atoms in total. The molecular formula is C14H19N3O4. The Hall–Kier alpha value is -2.57. The number of urea groups is 1.